The summed E-state index contributed by atoms with van der Waals surface area (Å²) in [6.07, 6.45) is 2.30. The fourth-order valence-electron chi connectivity index (χ4n) is 3.01. The summed E-state index contributed by atoms with van der Waals surface area (Å²) in [5.74, 6) is -2.75. The van der Waals surface area contributed by atoms with Crippen molar-refractivity contribution in [2.75, 3.05) is 24.5 Å². The molecule has 1 atom stereocenters. The molecule has 0 bridgehead atoms. The standard InChI is InChI=1S/C15H16F2N2O2/c16-10-3-4-13(12(17)9-10)19-8-5-11(15(19)21)14(20)18-6-1-2-7-18/h3-4,9,11H,1-2,5-8H2. The van der Waals surface area contributed by atoms with Crippen LogP contribution >= 0.6 is 0 Å². The molecule has 2 amide bonds. The van der Waals surface area contributed by atoms with Crippen molar-refractivity contribution in [2.24, 2.45) is 5.92 Å². The van der Waals surface area contributed by atoms with E-state index in [2.05, 4.69) is 0 Å². The lowest BCUT2D eigenvalue weighted by Gasteiger charge is -2.20. The molecule has 1 unspecified atom stereocenters. The zero-order valence-corrected chi connectivity index (χ0v) is 11.5. The molecule has 4 nitrogen and oxygen atoms in total. The highest BCUT2D eigenvalue weighted by atomic mass is 19.1. The summed E-state index contributed by atoms with van der Waals surface area (Å²) in [6, 6.07) is 3.10. The average molecular weight is 294 g/mol. The van der Waals surface area contributed by atoms with Crippen molar-refractivity contribution >= 4 is 17.5 Å². The molecule has 2 fully saturated rings. The molecule has 6 heteroatoms. The number of amides is 2. The molecule has 0 aromatic heterocycles. The highest BCUT2D eigenvalue weighted by Crippen LogP contribution is 2.29. The summed E-state index contributed by atoms with van der Waals surface area (Å²) >= 11 is 0. The molecule has 0 aliphatic carbocycles. The van der Waals surface area contributed by atoms with E-state index in [1.807, 2.05) is 0 Å². The molecule has 1 aromatic rings. The minimum absolute atomic E-state index is 0.0399. The molecular formula is C15H16F2N2O2. The number of nitrogens with zero attached hydrogens (tertiary/aromatic N) is 2. The van der Waals surface area contributed by atoms with Gasteiger partial charge in [-0.2, -0.15) is 0 Å². The maximum absolute atomic E-state index is 13.8. The molecule has 0 saturated carbocycles. The van der Waals surface area contributed by atoms with Crippen molar-refractivity contribution < 1.29 is 18.4 Å². The number of anilines is 1. The van der Waals surface area contributed by atoms with Gasteiger partial charge in [0, 0.05) is 25.7 Å². The Hall–Kier alpha value is -1.98. The Balaban J connectivity index is 1.78. The summed E-state index contributed by atoms with van der Waals surface area (Å²) in [5, 5.41) is 0. The summed E-state index contributed by atoms with van der Waals surface area (Å²) in [5.41, 5.74) is 0.0399. The minimum atomic E-state index is -0.780. The number of hydrogen-bond donors (Lipinski definition) is 0. The first-order valence-electron chi connectivity index (χ1n) is 7.13. The Bertz CT molecular complexity index is 585. The molecule has 21 heavy (non-hydrogen) atoms. The minimum Gasteiger partial charge on any atom is -0.342 e. The van der Waals surface area contributed by atoms with E-state index < -0.39 is 23.5 Å². The number of carbonyl (C=O) groups is 2. The number of carbonyl (C=O) groups excluding carboxylic acids is 2. The van der Waals surface area contributed by atoms with E-state index in [9.17, 15) is 18.4 Å². The Kier molecular flexibility index (Phi) is 3.61. The lowest BCUT2D eigenvalue weighted by molar-refractivity contribution is -0.139. The second-order valence-corrected chi connectivity index (χ2v) is 5.46. The fraction of sp³-hybridized carbons (Fsp3) is 0.467. The van der Waals surface area contributed by atoms with E-state index in [0.717, 1.165) is 25.0 Å². The van der Waals surface area contributed by atoms with Gasteiger partial charge in [-0.1, -0.05) is 0 Å². The summed E-state index contributed by atoms with van der Waals surface area (Å²) < 4.78 is 26.7. The molecule has 2 aliphatic heterocycles. The van der Waals surface area contributed by atoms with Crippen molar-refractivity contribution in [1.29, 1.82) is 0 Å². The second kappa shape index (κ2) is 5.42. The predicted molar refractivity (Wildman–Crippen MR) is 72.6 cm³/mol. The number of hydrogen-bond acceptors (Lipinski definition) is 2. The molecule has 0 N–H and O–H groups in total. The molecule has 3 rings (SSSR count). The van der Waals surface area contributed by atoms with Gasteiger partial charge in [-0.15, -0.1) is 0 Å². The van der Waals surface area contributed by atoms with E-state index in [-0.39, 0.29) is 18.1 Å². The normalized spacial score (nSPS) is 22.2. The molecule has 2 saturated heterocycles. The number of rotatable bonds is 2. The third-order valence-corrected chi connectivity index (χ3v) is 4.12. The van der Waals surface area contributed by atoms with Crippen molar-refractivity contribution in [1.82, 2.24) is 4.90 Å². The van der Waals surface area contributed by atoms with Crippen LogP contribution in [0.3, 0.4) is 0 Å². The maximum atomic E-state index is 13.8. The lowest BCUT2D eigenvalue weighted by atomic mass is 10.1. The van der Waals surface area contributed by atoms with E-state index in [4.69, 9.17) is 0 Å². The topological polar surface area (TPSA) is 40.6 Å². The molecule has 0 radical (unpaired) electrons. The highest BCUT2D eigenvalue weighted by molar-refractivity contribution is 6.09. The molecule has 2 aliphatic rings. The van der Waals surface area contributed by atoms with Crippen LogP contribution in [0.2, 0.25) is 0 Å². The number of halogens is 2. The van der Waals surface area contributed by atoms with Crippen molar-refractivity contribution in [2.45, 2.75) is 19.3 Å². The lowest BCUT2D eigenvalue weighted by Crippen LogP contribution is -2.38. The van der Waals surface area contributed by atoms with Crippen LogP contribution in [0.5, 0.6) is 0 Å². The molecule has 1 aromatic carbocycles. The maximum Gasteiger partial charge on any atom is 0.239 e. The molecule has 0 spiro atoms. The Morgan fingerprint density at radius 3 is 2.52 bits per heavy atom. The monoisotopic (exact) mass is 294 g/mol. The van der Waals surface area contributed by atoms with Crippen LogP contribution in [-0.4, -0.2) is 36.3 Å². The van der Waals surface area contributed by atoms with Gasteiger partial charge in [0.25, 0.3) is 0 Å². The van der Waals surface area contributed by atoms with Gasteiger partial charge in [0.05, 0.1) is 5.69 Å². The van der Waals surface area contributed by atoms with Gasteiger partial charge in [-0.25, -0.2) is 8.78 Å². The fourth-order valence-corrected chi connectivity index (χ4v) is 3.01. The van der Waals surface area contributed by atoms with E-state index >= 15 is 0 Å². The Labute approximate surface area is 121 Å². The summed E-state index contributed by atoms with van der Waals surface area (Å²) in [6.45, 7) is 1.66. The van der Waals surface area contributed by atoms with E-state index in [1.165, 1.54) is 11.0 Å². The third kappa shape index (κ3) is 2.50. The van der Waals surface area contributed by atoms with Gasteiger partial charge in [0.2, 0.25) is 11.8 Å². The van der Waals surface area contributed by atoms with E-state index in [0.29, 0.717) is 19.5 Å². The van der Waals surface area contributed by atoms with Gasteiger partial charge < -0.3 is 9.80 Å². The van der Waals surface area contributed by atoms with Gasteiger partial charge in [0.1, 0.15) is 17.6 Å². The first-order valence-corrected chi connectivity index (χ1v) is 7.13. The molecule has 2 heterocycles. The predicted octanol–water partition coefficient (Wildman–Crippen LogP) is 1.94. The van der Waals surface area contributed by atoms with Crippen molar-refractivity contribution in [3.8, 4) is 0 Å². The first-order chi connectivity index (χ1) is 10.1. The second-order valence-electron chi connectivity index (χ2n) is 5.46. The Morgan fingerprint density at radius 1 is 1.14 bits per heavy atom. The van der Waals surface area contributed by atoms with Crippen LogP contribution in [0, 0.1) is 17.6 Å². The number of likely N-dealkylation sites (tertiary alicyclic amines) is 1. The van der Waals surface area contributed by atoms with Crippen LogP contribution in [0.15, 0.2) is 18.2 Å². The first kappa shape index (κ1) is 14.0. The van der Waals surface area contributed by atoms with Crippen LogP contribution in [0.25, 0.3) is 0 Å². The van der Waals surface area contributed by atoms with Crippen LogP contribution in [0.4, 0.5) is 14.5 Å². The number of benzene rings is 1. The molecule has 112 valence electrons. The quantitative estimate of drug-likeness (QED) is 0.782. The van der Waals surface area contributed by atoms with Gasteiger partial charge >= 0.3 is 0 Å². The zero-order valence-electron chi connectivity index (χ0n) is 11.5. The summed E-state index contributed by atoms with van der Waals surface area (Å²) in [4.78, 5) is 27.6. The van der Waals surface area contributed by atoms with Crippen molar-refractivity contribution in [3.05, 3.63) is 29.8 Å². The highest BCUT2D eigenvalue weighted by Gasteiger charge is 2.40. The van der Waals surface area contributed by atoms with Gasteiger partial charge in [-0.3, -0.25) is 9.59 Å². The van der Waals surface area contributed by atoms with Crippen LogP contribution in [0.1, 0.15) is 19.3 Å². The SMILES string of the molecule is O=C(C1CCN(c2ccc(F)cc2F)C1=O)N1CCCC1. The van der Waals surface area contributed by atoms with Crippen LogP contribution in [-0.2, 0) is 9.59 Å². The smallest absolute Gasteiger partial charge is 0.239 e. The third-order valence-electron chi connectivity index (χ3n) is 4.12. The average Bonchev–Trinajstić information content (AvgIpc) is 3.08. The van der Waals surface area contributed by atoms with Gasteiger partial charge in [0.15, 0.2) is 0 Å². The summed E-state index contributed by atoms with van der Waals surface area (Å²) in [7, 11) is 0. The zero-order chi connectivity index (χ0) is 15.0. The Morgan fingerprint density at radius 2 is 1.86 bits per heavy atom. The van der Waals surface area contributed by atoms with Crippen LogP contribution < -0.4 is 4.90 Å². The van der Waals surface area contributed by atoms with E-state index in [1.54, 1.807) is 4.90 Å². The molecular weight excluding hydrogens is 278 g/mol. The largest absolute Gasteiger partial charge is 0.342 e. The van der Waals surface area contributed by atoms with Gasteiger partial charge in [-0.05, 0) is 31.4 Å². The van der Waals surface area contributed by atoms with Crippen molar-refractivity contribution in [3.63, 3.8) is 0 Å².